The molecule has 0 amide bonds. The van der Waals surface area contributed by atoms with Crippen LogP contribution in [0.25, 0.3) is 11.3 Å². The van der Waals surface area contributed by atoms with E-state index in [0.29, 0.717) is 6.61 Å². The molecule has 23 heavy (non-hydrogen) atoms. The normalized spacial score (nSPS) is 18.3. The van der Waals surface area contributed by atoms with Gasteiger partial charge in [-0.15, -0.1) is 22.7 Å². The van der Waals surface area contributed by atoms with E-state index >= 15 is 0 Å². The quantitative estimate of drug-likeness (QED) is 0.694. The van der Waals surface area contributed by atoms with Gasteiger partial charge < -0.3 is 9.64 Å². The first-order chi connectivity index (χ1) is 11.3. The van der Waals surface area contributed by atoms with Gasteiger partial charge in [0.1, 0.15) is 11.9 Å². The van der Waals surface area contributed by atoms with E-state index in [4.69, 9.17) is 9.72 Å². The fourth-order valence-corrected chi connectivity index (χ4v) is 4.27. The van der Waals surface area contributed by atoms with E-state index in [9.17, 15) is 4.39 Å². The largest absolute Gasteiger partial charge is 0.369 e. The molecule has 6 heteroatoms. The Hall–Kier alpha value is -1.76. The summed E-state index contributed by atoms with van der Waals surface area (Å²) in [5, 5.41) is 5.10. The van der Waals surface area contributed by atoms with Crippen molar-refractivity contribution < 1.29 is 9.13 Å². The summed E-state index contributed by atoms with van der Waals surface area (Å²) in [6, 6.07) is 10.6. The summed E-state index contributed by atoms with van der Waals surface area (Å²) in [5.41, 5.74) is 1.83. The van der Waals surface area contributed by atoms with Crippen LogP contribution in [-0.4, -0.2) is 24.7 Å². The molecule has 1 unspecified atom stereocenters. The van der Waals surface area contributed by atoms with Crippen molar-refractivity contribution in [2.24, 2.45) is 0 Å². The van der Waals surface area contributed by atoms with Crippen molar-refractivity contribution in [2.45, 2.75) is 6.10 Å². The molecule has 4 rings (SSSR count). The van der Waals surface area contributed by atoms with Gasteiger partial charge in [0.2, 0.25) is 0 Å². The highest BCUT2D eigenvalue weighted by atomic mass is 32.1. The summed E-state index contributed by atoms with van der Waals surface area (Å²) in [7, 11) is 0. The third-order valence-electron chi connectivity index (χ3n) is 3.83. The van der Waals surface area contributed by atoms with Crippen LogP contribution in [0.3, 0.4) is 0 Å². The van der Waals surface area contributed by atoms with Crippen LogP contribution in [0.5, 0.6) is 0 Å². The van der Waals surface area contributed by atoms with Crippen molar-refractivity contribution in [3.8, 4) is 11.3 Å². The zero-order valence-electron chi connectivity index (χ0n) is 12.3. The number of rotatable bonds is 3. The number of morpholine rings is 1. The number of anilines is 1. The first kappa shape index (κ1) is 14.8. The number of hydrogen-bond acceptors (Lipinski definition) is 5. The first-order valence-corrected chi connectivity index (χ1v) is 9.17. The molecule has 1 aromatic carbocycles. The van der Waals surface area contributed by atoms with Crippen molar-refractivity contribution in [3.05, 3.63) is 57.9 Å². The Bertz CT molecular complexity index is 770. The van der Waals surface area contributed by atoms with Crippen LogP contribution in [0.2, 0.25) is 0 Å². The Kier molecular flexibility index (Phi) is 4.11. The fraction of sp³-hybridized carbons (Fsp3) is 0.235. The highest BCUT2D eigenvalue weighted by Gasteiger charge is 2.24. The molecule has 3 aromatic rings. The van der Waals surface area contributed by atoms with Gasteiger partial charge in [0.05, 0.1) is 18.8 Å². The van der Waals surface area contributed by atoms with Crippen LogP contribution in [0.15, 0.2) is 47.2 Å². The minimum atomic E-state index is -0.226. The van der Waals surface area contributed by atoms with Crippen LogP contribution in [-0.2, 0) is 4.74 Å². The standard InChI is InChI=1S/C17H15FN2OS2/c18-13-5-3-12(4-6-13)14-11-23-17(19-14)20-7-8-21-15(10-20)16-2-1-9-22-16/h1-6,9,11,15H,7-8,10H2. The van der Waals surface area contributed by atoms with Gasteiger partial charge in [-0.3, -0.25) is 0 Å². The Balaban J connectivity index is 1.53. The predicted molar refractivity (Wildman–Crippen MR) is 92.7 cm³/mol. The van der Waals surface area contributed by atoms with Gasteiger partial charge in [0.15, 0.2) is 5.13 Å². The second kappa shape index (κ2) is 6.39. The van der Waals surface area contributed by atoms with E-state index in [1.165, 1.54) is 17.0 Å². The molecule has 0 spiro atoms. The van der Waals surface area contributed by atoms with Crippen LogP contribution in [0.1, 0.15) is 11.0 Å². The molecule has 1 aliphatic heterocycles. The van der Waals surface area contributed by atoms with Crippen LogP contribution in [0, 0.1) is 5.82 Å². The summed E-state index contributed by atoms with van der Waals surface area (Å²) in [4.78, 5) is 8.24. The smallest absolute Gasteiger partial charge is 0.186 e. The molecule has 3 nitrogen and oxygen atoms in total. The highest BCUT2D eigenvalue weighted by molar-refractivity contribution is 7.14. The van der Waals surface area contributed by atoms with Gasteiger partial charge in [-0.2, -0.15) is 0 Å². The van der Waals surface area contributed by atoms with Gasteiger partial charge in [0, 0.05) is 22.4 Å². The second-order valence-electron chi connectivity index (χ2n) is 5.34. The van der Waals surface area contributed by atoms with E-state index in [1.807, 2.05) is 5.38 Å². The zero-order valence-corrected chi connectivity index (χ0v) is 13.9. The van der Waals surface area contributed by atoms with Crippen molar-refractivity contribution >= 4 is 27.8 Å². The fourth-order valence-electron chi connectivity index (χ4n) is 2.63. The minimum absolute atomic E-state index is 0.113. The molecule has 1 saturated heterocycles. The van der Waals surface area contributed by atoms with Gasteiger partial charge in [-0.05, 0) is 35.7 Å². The molecule has 0 N–H and O–H groups in total. The third kappa shape index (κ3) is 3.15. The molecule has 0 aliphatic carbocycles. The highest BCUT2D eigenvalue weighted by Crippen LogP contribution is 2.32. The summed E-state index contributed by atoms with van der Waals surface area (Å²) >= 11 is 3.35. The molecule has 0 radical (unpaired) electrons. The van der Waals surface area contributed by atoms with E-state index < -0.39 is 0 Å². The maximum atomic E-state index is 13.0. The maximum absolute atomic E-state index is 13.0. The Labute approximate surface area is 142 Å². The third-order valence-corrected chi connectivity index (χ3v) is 5.70. The van der Waals surface area contributed by atoms with Crippen LogP contribution < -0.4 is 4.90 Å². The topological polar surface area (TPSA) is 25.4 Å². The van der Waals surface area contributed by atoms with E-state index in [1.54, 1.807) is 34.8 Å². The molecule has 1 atom stereocenters. The average Bonchev–Trinajstić information content (AvgIpc) is 3.28. The Morgan fingerprint density at radius 3 is 2.83 bits per heavy atom. The molecule has 3 heterocycles. The van der Waals surface area contributed by atoms with Crippen LogP contribution in [0.4, 0.5) is 9.52 Å². The van der Waals surface area contributed by atoms with Crippen molar-refractivity contribution in [1.82, 2.24) is 4.98 Å². The summed E-state index contributed by atoms with van der Waals surface area (Å²) in [5.74, 6) is -0.226. The lowest BCUT2D eigenvalue weighted by atomic mass is 10.2. The number of benzene rings is 1. The average molecular weight is 346 g/mol. The molecule has 1 aliphatic rings. The molecule has 118 valence electrons. The summed E-state index contributed by atoms with van der Waals surface area (Å²) in [6.45, 7) is 2.36. The number of hydrogen-bond donors (Lipinski definition) is 0. The number of thiophene rings is 1. The summed E-state index contributed by atoms with van der Waals surface area (Å²) < 4.78 is 18.9. The second-order valence-corrected chi connectivity index (χ2v) is 7.16. The zero-order chi connectivity index (χ0) is 15.6. The SMILES string of the molecule is Fc1ccc(-c2csc(N3CCOC(c4cccs4)C3)n2)cc1. The van der Waals surface area contributed by atoms with Crippen molar-refractivity contribution in [3.63, 3.8) is 0 Å². The van der Waals surface area contributed by atoms with Gasteiger partial charge in [0.25, 0.3) is 0 Å². The lowest BCUT2D eigenvalue weighted by molar-refractivity contribution is 0.0421. The number of ether oxygens (including phenoxy) is 1. The molecular weight excluding hydrogens is 331 g/mol. The van der Waals surface area contributed by atoms with Crippen molar-refractivity contribution in [1.29, 1.82) is 0 Å². The van der Waals surface area contributed by atoms with Gasteiger partial charge in [-0.25, -0.2) is 9.37 Å². The molecule has 0 saturated carbocycles. The van der Waals surface area contributed by atoms with Gasteiger partial charge >= 0.3 is 0 Å². The van der Waals surface area contributed by atoms with Gasteiger partial charge in [-0.1, -0.05) is 6.07 Å². The number of thiazole rings is 1. The maximum Gasteiger partial charge on any atom is 0.186 e. The lowest BCUT2D eigenvalue weighted by Gasteiger charge is -2.32. The number of aromatic nitrogens is 1. The molecular formula is C17H15FN2OS2. The predicted octanol–water partition coefficient (Wildman–Crippen LogP) is 4.59. The van der Waals surface area contributed by atoms with E-state index in [2.05, 4.69) is 22.4 Å². The number of halogens is 1. The monoisotopic (exact) mass is 346 g/mol. The van der Waals surface area contributed by atoms with Crippen molar-refractivity contribution in [2.75, 3.05) is 24.6 Å². The lowest BCUT2D eigenvalue weighted by Crippen LogP contribution is -2.38. The Morgan fingerprint density at radius 2 is 2.04 bits per heavy atom. The van der Waals surface area contributed by atoms with Crippen LogP contribution >= 0.6 is 22.7 Å². The van der Waals surface area contributed by atoms with E-state index in [0.717, 1.165) is 29.5 Å². The Morgan fingerprint density at radius 1 is 1.17 bits per heavy atom. The summed E-state index contributed by atoms with van der Waals surface area (Å²) in [6.07, 6.45) is 0.113. The molecule has 0 bridgehead atoms. The first-order valence-electron chi connectivity index (χ1n) is 7.41. The van der Waals surface area contributed by atoms with E-state index in [-0.39, 0.29) is 11.9 Å². The minimum Gasteiger partial charge on any atom is -0.369 e. The number of nitrogens with zero attached hydrogens (tertiary/aromatic N) is 2. The molecule has 2 aromatic heterocycles. The molecule has 1 fully saturated rings.